The first-order chi connectivity index (χ1) is 9.31. The standard InChI is InChI=1S/C15H22ClNO2S/c1-11(2)20-10-9-17-14(18)15(3,4)19-13-7-5-12(16)6-8-13/h5-8,11H,9-10H2,1-4H3,(H,17,18). The second kappa shape index (κ2) is 7.79. The van der Waals surface area contributed by atoms with Gasteiger partial charge in [0.25, 0.3) is 5.91 Å². The average Bonchev–Trinajstić information content (AvgIpc) is 2.36. The summed E-state index contributed by atoms with van der Waals surface area (Å²) in [7, 11) is 0. The molecule has 0 atom stereocenters. The molecule has 20 heavy (non-hydrogen) atoms. The van der Waals surface area contributed by atoms with Crippen molar-refractivity contribution < 1.29 is 9.53 Å². The zero-order chi connectivity index (χ0) is 15.2. The van der Waals surface area contributed by atoms with Crippen LogP contribution in [-0.2, 0) is 4.79 Å². The summed E-state index contributed by atoms with van der Waals surface area (Å²) in [5.41, 5.74) is -0.906. The molecule has 0 heterocycles. The minimum Gasteiger partial charge on any atom is -0.478 e. The largest absolute Gasteiger partial charge is 0.478 e. The lowest BCUT2D eigenvalue weighted by Gasteiger charge is -2.25. The molecule has 0 radical (unpaired) electrons. The number of hydrogen-bond acceptors (Lipinski definition) is 3. The van der Waals surface area contributed by atoms with Gasteiger partial charge in [-0.1, -0.05) is 25.4 Å². The van der Waals surface area contributed by atoms with Gasteiger partial charge >= 0.3 is 0 Å². The van der Waals surface area contributed by atoms with Crippen LogP contribution >= 0.6 is 23.4 Å². The third-order valence-corrected chi connectivity index (χ3v) is 3.93. The van der Waals surface area contributed by atoms with Gasteiger partial charge in [-0.05, 0) is 43.4 Å². The molecular weight excluding hydrogens is 294 g/mol. The molecule has 0 aliphatic carbocycles. The van der Waals surface area contributed by atoms with Gasteiger partial charge in [-0.2, -0.15) is 11.8 Å². The maximum absolute atomic E-state index is 12.1. The molecule has 0 aromatic heterocycles. The average molecular weight is 316 g/mol. The van der Waals surface area contributed by atoms with Gasteiger partial charge in [0.2, 0.25) is 0 Å². The number of thioether (sulfide) groups is 1. The molecule has 1 rings (SSSR count). The Morgan fingerprint density at radius 3 is 2.50 bits per heavy atom. The normalized spacial score (nSPS) is 11.5. The van der Waals surface area contributed by atoms with E-state index in [0.717, 1.165) is 5.75 Å². The Balaban J connectivity index is 2.46. The topological polar surface area (TPSA) is 38.3 Å². The molecule has 0 spiro atoms. The van der Waals surface area contributed by atoms with E-state index in [1.165, 1.54) is 0 Å². The number of carbonyl (C=O) groups excluding carboxylic acids is 1. The van der Waals surface area contributed by atoms with Crippen LogP contribution in [0.15, 0.2) is 24.3 Å². The highest BCUT2D eigenvalue weighted by atomic mass is 35.5. The molecule has 0 saturated heterocycles. The van der Waals surface area contributed by atoms with Crippen LogP contribution in [-0.4, -0.2) is 29.1 Å². The minimum absolute atomic E-state index is 0.114. The molecule has 0 unspecified atom stereocenters. The van der Waals surface area contributed by atoms with Gasteiger partial charge in [0, 0.05) is 17.3 Å². The minimum atomic E-state index is -0.906. The van der Waals surface area contributed by atoms with Gasteiger partial charge in [-0.3, -0.25) is 4.79 Å². The molecule has 0 bridgehead atoms. The van der Waals surface area contributed by atoms with E-state index in [1.54, 1.807) is 38.1 Å². The third-order valence-electron chi connectivity index (χ3n) is 2.57. The molecule has 5 heteroatoms. The van der Waals surface area contributed by atoms with Gasteiger partial charge in [-0.15, -0.1) is 0 Å². The van der Waals surface area contributed by atoms with E-state index in [1.807, 2.05) is 11.8 Å². The van der Waals surface area contributed by atoms with Gasteiger partial charge in [-0.25, -0.2) is 0 Å². The van der Waals surface area contributed by atoms with Crippen LogP contribution in [0.2, 0.25) is 5.02 Å². The zero-order valence-corrected chi connectivity index (χ0v) is 14.0. The number of rotatable bonds is 7. The number of benzene rings is 1. The Kier molecular flexibility index (Phi) is 6.69. The van der Waals surface area contributed by atoms with Crippen LogP contribution in [0.3, 0.4) is 0 Å². The van der Waals surface area contributed by atoms with E-state index in [4.69, 9.17) is 16.3 Å². The third kappa shape index (κ3) is 6.06. The van der Waals surface area contributed by atoms with Crippen molar-refractivity contribution in [3.8, 4) is 5.75 Å². The highest BCUT2D eigenvalue weighted by molar-refractivity contribution is 7.99. The van der Waals surface area contributed by atoms with Crippen molar-refractivity contribution in [2.45, 2.75) is 38.5 Å². The van der Waals surface area contributed by atoms with Crippen molar-refractivity contribution in [2.75, 3.05) is 12.3 Å². The van der Waals surface area contributed by atoms with Crippen LogP contribution in [0.25, 0.3) is 0 Å². The Morgan fingerprint density at radius 1 is 1.35 bits per heavy atom. The fourth-order valence-electron chi connectivity index (χ4n) is 1.52. The lowest BCUT2D eigenvalue weighted by molar-refractivity contribution is -0.134. The van der Waals surface area contributed by atoms with Crippen LogP contribution in [0.4, 0.5) is 0 Å². The van der Waals surface area contributed by atoms with E-state index in [0.29, 0.717) is 22.6 Å². The SMILES string of the molecule is CC(C)SCCNC(=O)C(C)(C)Oc1ccc(Cl)cc1. The van der Waals surface area contributed by atoms with Crippen molar-refractivity contribution in [2.24, 2.45) is 0 Å². The second-order valence-electron chi connectivity index (χ2n) is 5.24. The maximum atomic E-state index is 12.1. The molecule has 1 amide bonds. The number of ether oxygens (including phenoxy) is 1. The van der Waals surface area contributed by atoms with Gasteiger partial charge in [0.15, 0.2) is 5.60 Å². The molecular formula is C15H22ClNO2S. The van der Waals surface area contributed by atoms with Crippen molar-refractivity contribution in [3.63, 3.8) is 0 Å². The van der Waals surface area contributed by atoms with Crippen molar-refractivity contribution in [3.05, 3.63) is 29.3 Å². The molecule has 3 nitrogen and oxygen atoms in total. The van der Waals surface area contributed by atoms with E-state index in [9.17, 15) is 4.79 Å². The molecule has 0 fully saturated rings. The summed E-state index contributed by atoms with van der Waals surface area (Å²) in [4.78, 5) is 12.1. The predicted molar refractivity (Wildman–Crippen MR) is 86.8 cm³/mol. The number of hydrogen-bond donors (Lipinski definition) is 1. The van der Waals surface area contributed by atoms with E-state index in [2.05, 4.69) is 19.2 Å². The summed E-state index contributed by atoms with van der Waals surface area (Å²) in [6, 6.07) is 6.99. The molecule has 0 saturated carbocycles. The monoisotopic (exact) mass is 315 g/mol. The molecule has 1 aromatic carbocycles. The molecule has 0 aliphatic rings. The quantitative estimate of drug-likeness (QED) is 0.779. The zero-order valence-electron chi connectivity index (χ0n) is 12.4. The van der Waals surface area contributed by atoms with Gasteiger partial charge in [0.05, 0.1) is 0 Å². The van der Waals surface area contributed by atoms with E-state index in [-0.39, 0.29) is 5.91 Å². The molecule has 0 aliphatic heterocycles. The summed E-state index contributed by atoms with van der Waals surface area (Å²) < 4.78 is 5.72. The Morgan fingerprint density at radius 2 is 1.95 bits per heavy atom. The molecule has 1 aromatic rings. The summed E-state index contributed by atoms with van der Waals surface area (Å²) in [6.07, 6.45) is 0. The maximum Gasteiger partial charge on any atom is 0.263 e. The predicted octanol–water partition coefficient (Wildman–Crippen LogP) is 3.76. The van der Waals surface area contributed by atoms with Gasteiger partial charge < -0.3 is 10.1 Å². The van der Waals surface area contributed by atoms with Crippen LogP contribution in [0, 0.1) is 0 Å². The summed E-state index contributed by atoms with van der Waals surface area (Å²) in [5.74, 6) is 1.42. The first-order valence-corrected chi connectivity index (χ1v) is 8.08. The van der Waals surface area contributed by atoms with Crippen LogP contribution in [0.5, 0.6) is 5.75 Å². The Bertz CT molecular complexity index is 432. The fraction of sp³-hybridized carbons (Fsp3) is 0.533. The van der Waals surface area contributed by atoms with E-state index >= 15 is 0 Å². The second-order valence-corrected chi connectivity index (χ2v) is 7.36. The van der Waals surface area contributed by atoms with Crippen LogP contribution < -0.4 is 10.1 Å². The van der Waals surface area contributed by atoms with Gasteiger partial charge in [0.1, 0.15) is 5.75 Å². The molecule has 112 valence electrons. The smallest absolute Gasteiger partial charge is 0.263 e. The van der Waals surface area contributed by atoms with Crippen molar-refractivity contribution in [1.82, 2.24) is 5.32 Å². The number of halogens is 1. The Hall–Kier alpha value is -0.870. The van der Waals surface area contributed by atoms with E-state index < -0.39 is 5.60 Å². The number of carbonyl (C=O) groups is 1. The number of nitrogens with one attached hydrogen (secondary N) is 1. The first-order valence-electron chi connectivity index (χ1n) is 6.66. The lowest BCUT2D eigenvalue weighted by atomic mass is 10.1. The van der Waals surface area contributed by atoms with Crippen molar-refractivity contribution in [1.29, 1.82) is 0 Å². The summed E-state index contributed by atoms with van der Waals surface area (Å²) >= 11 is 7.64. The lowest BCUT2D eigenvalue weighted by Crippen LogP contribution is -2.47. The van der Waals surface area contributed by atoms with Crippen molar-refractivity contribution >= 4 is 29.3 Å². The summed E-state index contributed by atoms with van der Waals surface area (Å²) in [5, 5.41) is 4.12. The van der Waals surface area contributed by atoms with Crippen LogP contribution in [0.1, 0.15) is 27.7 Å². The highest BCUT2D eigenvalue weighted by Gasteiger charge is 2.29. The summed E-state index contributed by atoms with van der Waals surface area (Å²) in [6.45, 7) is 8.44. The molecule has 1 N–H and O–H groups in total. The fourth-order valence-corrected chi connectivity index (χ4v) is 2.33. The first kappa shape index (κ1) is 17.2. The number of amides is 1. The highest BCUT2D eigenvalue weighted by Crippen LogP contribution is 2.21. The Labute approximate surface area is 130 Å².